The van der Waals surface area contributed by atoms with Crippen molar-refractivity contribution in [2.24, 2.45) is 0 Å². The van der Waals surface area contributed by atoms with E-state index in [2.05, 4.69) is 32.7 Å². The van der Waals surface area contributed by atoms with Gasteiger partial charge in [0, 0.05) is 23.2 Å². The normalized spacial score (nSPS) is 13.3. The third-order valence-corrected chi connectivity index (χ3v) is 6.75. The van der Waals surface area contributed by atoms with Gasteiger partial charge >= 0.3 is 0 Å². The van der Waals surface area contributed by atoms with E-state index in [0.717, 1.165) is 44.3 Å². The average Bonchev–Trinajstić information content (AvgIpc) is 3.31. The van der Waals surface area contributed by atoms with Gasteiger partial charge in [-0.25, -0.2) is 4.98 Å². The van der Waals surface area contributed by atoms with Crippen LogP contribution in [-0.4, -0.2) is 33.4 Å². The van der Waals surface area contributed by atoms with Gasteiger partial charge in [0.2, 0.25) is 5.91 Å². The van der Waals surface area contributed by atoms with Gasteiger partial charge in [0.15, 0.2) is 4.34 Å². The summed E-state index contributed by atoms with van der Waals surface area (Å²) in [5.41, 5.74) is 4.37. The summed E-state index contributed by atoms with van der Waals surface area (Å²) in [6.07, 6.45) is 0.889. The van der Waals surface area contributed by atoms with Gasteiger partial charge in [0.1, 0.15) is 5.01 Å². The summed E-state index contributed by atoms with van der Waals surface area (Å²) in [7, 11) is 0. The first kappa shape index (κ1) is 16.7. The first-order valence-electron chi connectivity index (χ1n) is 7.89. The Bertz CT molecular complexity index is 934. The maximum Gasteiger partial charge on any atom is 0.237 e. The van der Waals surface area contributed by atoms with Gasteiger partial charge in [-0.1, -0.05) is 29.2 Å². The monoisotopic (exact) mass is 388 g/mol. The first-order valence-corrected chi connectivity index (χ1v) is 10.6. The van der Waals surface area contributed by atoms with Crippen LogP contribution in [0.15, 0.2) is 27.9 Å². The highest BCUT2D eigenvalue weighted by Crippen LogP contribution is 2.33. The number of fused-ring (bicyclic) bond motifs is 1. The van der Waals surface area contributed by atoms with Crippen LogP contribution in [0.5, 0.6) is 0 Å². The van der Waals surface area contributed by atoms with Crippen LogP contribution in [0.4, 0.5) is 5.69 Å². The molecule has 25 heavy (non-hydrogen) atoms. The largest absolute Gasteiger partial charge is 0.311 e. The number of carbonyl (C=O) groups excluding carboxylic acids is 1. The molecule has 3 aromatic rings. The Labute approximate surface area is 158 Å². The van der Waals surface area contributed by atoms with Crippen molar-refractivity contribution >= 4 is 46.0 Å². The third kappa shape index (κ3) is 3.47. The fourth-order valence-corrected chi connectivity index (χ4v) is 5.17. The molecule has 0 saturated carbocycles. The predicted molar refractivity (Wildman–Crippen MR) is 104 cm³/mol. The van der Waals surface area contributed by atoms with Crippen molar-refractivity contribution in [2.45, 2.75) is 24.6 Å². The number of thioether (sulfide) groups is 1. The molecule has 0 atom stereocenters. The molecule has 0 bridgehead atoms. The quantitative estimate of drug-likeness (QED) is 0.633. The van der Waals surface area contributed by atoms with Gasteiger partial charge in [-0.05, 0) is 38.0 Å². The van der Waals surface area contributed by atoms with Crippen molar-refractivity contribution in [2.75, 3.05) is 17.2 Å². The van der Waals surface area contributed by atoms with E-state index in [1.165, 1.54) is 28.7 Å². The number of rotatable bonds is 4. The summed E-state index contributed by atoms with van der Waals surface area (Å²) in [4.78, 5) is 19.0. The summed E-state index contributed by atoms with van der Waals surface area (Å²) < 4.78 is 0.847. The summed E-state index contributed by atoms with van der Waals surface area (Å²) >= 11 is 4.64. The van der Waals surface area contributed by atoms with Crippen molar-refractivity contribution in [3.05, 3.63) is 39.2 Å². The number of hydrogen-bond acceptors (Lipinski definition) is 7. The SMILES string of the molecule is Cc1nc(-c2ccc3c(c2)CCN3C(=O)CSc2nnc(C)s2)cs1. The molecule has 4 rings (SSSR count). The smallest absolute Gasteiger partial charge is 0.237 e. The maximum absolute atomic E-state index is 12.6. The molecule has 128 valence electrons. The summed E-state index contributed by atoms with van der Waals surface area (Å²) in [6.45, 7) is 4.67. The Morgan fingerprint density at radius 2 is 2.16 bits per heavy atom. The molecule has 2 aromatic heterocycles. The van der Waals surface area contributed by atoms with E-state index in [9.17, 15) is 4.79 Å². The molecule has 0 radical (unpaired) electrons. The number of hydrogen-bond donors (Lipinski definition) is 0. The number of amides is 1. The second kappa shape index (κ2) is 6.86. The molecule has 0 saturated heterocycles. The lowest BCUT2D eigenvalue weighted by molar-refractivity contribution is -0.116. The molecule has 1 amide bonds. The summed E-state index contributed by atoms with van der Waals surface area (Å²) in [5.74, 6) is 0.509. The highest BCUT2D eigenvalue weighted by Gasteiger charge is 2.25. The van der Waals surface area contributed by atoms with Crippen molar-refractivity contribution in [3.8, 4) is 11.3 Å². The molecule has 1 aliphatic rings. The van der Waals surface area contributed by atoms with Crippen molar-refractivity contribution in [1.29, 1.82) is 0 Å². The molecule has 0 aliphatic carbocycles. The van der Waals surface area contributed by atoms with Gasteiger partial charge in [-0.3, -0.25) is 4.79 Å². The van der Waals surface area contributed by atoms with Crippen LogP contribution in [0.1, 0.15) is 15.6 Å². The van der Waals surface area contributed by atoms with Crippen LogP contribution in [-0.2, 0) is 11.2 Å². The predicted octanol–water partition coefficient (Wildman–Crippen LogP) is 3.96. The standard InChI is InChI=1S/C17H16N4OS3/c1-10-18-14(8-23-10)12-3-4-15-13(7-12)5-6-21(15)16(22)9-24-17-20-19-11(2)25-17/h3-4,7-8H,5-6,9H2,1-2H3. The topological polar surface area (TPSA) is 59.0 Å². The molecule has 0 fully saturated rings. The highest BCUT2D eigenvalue weighted by molar-refractivity contribution is 8.01. The molecule has 3 heterocycles. The van der Waals surface area contributed by atoms with Crippen molar-refractivity contribution in [3.63, 3.8) is 0 Å². The molecule has 8 heteroatoms. The Morgan fingerprint density at radius 1 is 1.28 bits per heavy atom. The van der Waals surface area contributed by atoms with Crippen LogP contribution in [0.25, 0.3) is 11.3 Å². The minimum absolute atomic E-state index is 0.119. The number of anilines is 1. The molecule has 0 spiro atoms. The second-order valence-electron chi connectivity index (χ2n) is 5.77. The van der Waals surface area contributed by atoms with Crippen LogP contribution in [0.2, 0.25) is 0 Å². The van der Waals surface area contributed by atoms with Crippen LogP contribution >= 0.6 is 34.4 Å². The van der Waals surface area contributed by atoms with Gasteiger partial charge < -0.3 is 4.90 Å². The molecule has 1 aromatic carbocycles. The summed E-state index contributed by atoms with van der Waals surface area (Å²) in [5, 5.41) is 12.1. The zero-order chi connectivity index (χ0) is 17.4. The fraction of sp³-hybridized carbons (Fsp3) is 0.294. The zero-order valence-electron chi connectivity index (χ0n) is 13.9. The van der Waals surface area contributed by atoms with E-state index >= 15 is 0 Å². The number of carbonyl (C=O) groups is 1. The van der Waals surface area contributed by atoms with Gasteiger partial charge in [0.25, 0.3) is 0 Å². The van der Waals surface area contributed by atoms with Gasteiger partial charge in [-0.2, -0.15) is 0 Å². The van der Waals surface area contributed by atoms with Gasteiger partial charge in [-0.15, -0.1) is 21.5 Å². The average molecular weight is 389 g/mol. The lowest BCUT2D eigenvalue weighted by Crippen LogP contribution is -2.30. The zero-order valence-corrected chi connectivity index (χ0v) is 16.3. The van der Waals surface area contributed by atoms with Crippen LogP contribution in [0.3, 0.4) is 0 Å². The number of aromatic nitrogens is 3. The number of benzene rings is 1. The Hall–Kier alpha value is -1.77. The maximum atomic E-state index is 12.6. The Balaban J connectivity index is 1.48. The van der Waals surface area contributed by atoms with Crippen LogP contribution in [0, 0.1) is 13.8 Å². The lowest BCUT2D eigenvalue weighted by Gasteiger charge is -2.17. The molecule has 0 N–H and O–H groups in total. The molecule has 1 aliphatic heterocycles. The Kier molecular flexibility index (Phi) is 4.58. The third-order valence-electron chi connectivity index (χ3n) is 4.02. The van der Waals surface area contributed by atoms with E-state index < -0.39 is 0 Å². The van der Waals surface area contributed by atoms with Crippen molar-refractivity contribution in [1.82, 2.24) is 15.2 Å². The highest BCUT2D eigenvalue weighted by atomic mass is 32.2. The number of aryl methyl sites for hydroxylation is 2. The minimum atomic E-state index is 0.119. The summed E-state index contributed by atoms with van der Waals surface area (Å²) in [6, 6.07) is 6.27. The first-order chi connectivity index (χ1) is 12.1. The van der Waals surface area contributed by atoms with E-state index in [-0.39, 0.29) is 5.91 Å². The molecular weight excluding hydrogens is 372 g/mol. The number of thiazole rings is 1. The van der Waals surface area contributed by atoms with Crippen LogP contribution < -0.4 is 4.90 Å². The van der Waals surface area contributed by atoms with Gasteiger partial charge in [0.05, 0.1) is 16.5 Å². The van der Waals surface area contributed by atoms with E-state index in [4.69, 9.17) is 0 Å². The Morgan fingerprint density at radius 3 is 2.88 bits per heavy atom. The van der Waals surface area contributed by atoms with E-state index in [1.54, 1.807) is 11.3 Å². The van der Waals surface area contributed by atoms with Crippen molar-refractivity contribution < 1.29 is 4.79 Å². The second-order valence-corrected chi connectivity index (χ2v) is 9.23. The van der Waals surface area contributed by atoms with E-state index in [0.29, 0.717) is 5.75 Å². The minimum Gasteiger partial charge on any atom is -0.311 e. The van der Waals surface area contributed by atoms with E-state index in [1.807, 2.05) is 24.8 Å². The molecule has 5 nitrogen and oxygen atoms in total. The fourth-order valence-electron chi connectivity index (χ4n) is 2.85. The lowest BCUT2D eigenvalue weighted by atomic mass is 10.1. The molecule has 0 unspecified atom stereocenters. The number of nitrogens with zero attached hydrogens (tertiary/aromatic N) is 4. The molecular formula is C17H16N4OS3.